The summed E-state index contributed by atoms with van der Waals surface area (Å²) in [5.41, 5.74) is -0.670. The van der Waals surface area contributed by atoms with Crippen LogP contribution in [0.4, 0.5) is 13.2 Å². The minimum Gasteiger partial charge on any atom is -0.245 e. The molecule has 7 heteroatoms. The highest BCUT2D eigenvalue weighted by molar-refractivity contribution is 7.98. The molecule has 134 valence electrons. The molecule has 2 rings (SSSR count). The van der Waals surface area contributed by atoms with Gasteiger partial charge in [0.05, 0.1) is 22.8 Å². The quantitative estimate of drug-likeness (QED) is 0.671. The highest BCUT2D eigenvalue weighted by Gasteiger charge is 2.37. The number of benzene rings is 1. The van der Waals surface area contributed by atoms with Crippen LogP contribution in [0, 0.1) is 22.7 Å². The van der Waals surface area contributed by atoms with Crippen LogP contribution in [0.25, 0.3) is 0 Å². The summed E-state index contributed by atoms with van der Waals surface area (Å²) in [5, 5.41) is 18.5. The summed E-state index contributed by atoms with van der Waals surface area (Å²) in [6.07, 6.45) is -4.64. The fourth-order valence-electron chi connectivity index (χ4n) is 2.24. The number of hydrogen-bond acceptors (Lipinski definition) is 4. The van der Waals surface area contributed by atoms with Gasteiger partial charge in [-0.3, -0.25) is 0 Å². The van der Waals surface area contributed by atoms with Gasteiger partial charge in [-0.1, -0.05) is 39.0 Å². The number of hydrogen-bond donors (Lipinski definition) is 0. The lowest BCUT2D eigenvalue weighted by atomic mass is 9.90. The Kier molecular flexibility index (Phi) is 5.63. The highest BCUT2D eigenvalue weighted by atomic mass is 32.2. The van der Waals surface area contributed by atoms with E-state index in [0.717, 1.165) is 17.8 Å². The van der Waals surface area contributed by atoms with E-state index < -0.39 is 22.7 Å². The third kappa shape index (κ3) is 4.36. The zero-order valence-corrected chi connectivity index (χ0v) is 15.3. The molecule has 3 nitrogen and oxygen atoms in total. The van der Waals surface area contributed by atoms with Crippen molar-refractivity contribution in [2.75, 3.05) is 0 Å². The van der Waals surface area contributed by atoms with Gasteiger partial charge in [0.1, 0.15) is 11.1 Å². The monoisotopic (exact) mass is 375 g/mol. The summed E-state index contributed by atoms with van der Waals surface area (Å²) in [4.78, 5) is 4.32. The molecule has 0 aliphatic heterocycles. The smallest absolute Gasteiger partial charge is 0.245 e. The Morgan fingerprint density at radius 3 is 2.27 bits per heavy atom. The van der Waals surface area contributed by atoms with Crippen LogP contribution in [-0.2, 0) is 17.3 Å². The predicted octanol–water partition coefficient (Wildman–Crippen LogP) is 5.43. The minimum atomic E-state index is -4.64. The van der Waals surface area contributed by atoms with E-state index in [0.29, 0.717) is 11.1 Å². The zero-order valence-electron chi connectivity index (χ0n) is 14.5. The van der Waals surface area contributed by atoms with Gasteiger partial charge in [-0.2, -0.15) is 23.7 Å². The zero-order chi connectivity index (χ0) is 19.5. The number of pyridine rings is 1. The summed E-state index contributed by atoms with van der Waals surface area (Å²) in [6.45, 7) is 5.29. The maximum absolute atomic E-state index is 13.4. The molecule has 2 aromatic rings. The van der Waals surface area contributed by atoms with Crippen LogP contribution in [0.3, 0.4) is 0 Å². The molecule has 0 atom stereocenters. The fraction of sp³-hybridized carbons (Fsp3) is 0.316. The first-order chi connectivity index (χ1) is 12.1. The maximum Gasteiger partial charge on any atom is 0.417 e. The van der Waals surface area contributed by atoms with Gasteiger partial charge in [-0.25, -0.2) is 4.98 Å². The van der Waals surface area contributed by atoms with Gasteiger partial charge < -0.3 is 0 Å². The van der Waals surface area contributed by atoms with Crippen molar-refractivity contribution >= 4 is 11.8 Å². The molecule has 0 saturated carbocycles. The third-order valence-electron chi connectivity index (χ3n) is 3.67. The van der Waals surface area contributed by atoms with E-state index in [1.54, 1.807) is 51.1 Å². The van der Waals surface area contributed by atoms with Crippen molar-refractivity contribution in [2.45, 2.75) is 43.1 Å². The number of thioether (sulfide) groups is 1. The number of nitrogens with zero attached hydrogens (tertiary/aromatic N) is 3. The molecule has 1 heterocycles. The van der Waals surface area contributed by atoms with E-state index in [9.17, 15) is 18.4 Å². The Morgan fingerprint density at radius 2 is 1.73 bits per heavy atom. The van der Waals surface area contributed by atoms with Crippen molar-refractivity contribution in [1.29, 1.82) is 10.5 Å². The first-order valence-electron chi connectivity index (χ1n) is 7.71. The average molecular weight is 375 g/mol. The molecular formula is C19H16F3N3S. The molecular weight excluding hydrogens is 359 g/mol. The van der Waals surface area contributed by atoms with Gasteiger partial charge in [0.25, 0.3) is 0 Å². The standard InChI is InChI=1S/C19H16F3N3S/c1-18(2,3)16-8-15(19(20,21)22)14(10-24)17(25-16)26-11-13-7-5-4-6-12(13)9-23/h4-8H,11H2,1-3H3. The Hall–Kier alpha value is -2.51. The van der Waals surface area contributed by atoms with Gasteiger partial charge >= 0.3 is 6.18 Å². The summed E-state index contributed by atoms with van der Waals surface area (Å²) >= 11 is 1.03. The van der Waals surface area contributed by atoms with Crippen molar-refractivity contribution < 1.29 is 13.2 Å². The summed E-state index contributed by atoms with van der Waals surface area (Å²) in [5.74, 6) is 0.246. The second-order valence-electron chi connectivity index (χ2n) is 6.65. The fourth-order valence-corrected chi connectivity index (χ4v) is 3.25. The van der Waals surface area contributed by atoms with Crippen molar-refractivity contribution in [3.05, 3.63) is 58.3 Å². The molecule has 0 amide bonds. The molecule has 26 heavy (non-hydrogen) atoms. The third-order valence-corrected chi connectivity index (χ3v) is 4.70. The normalized spacial score (nSPS) is 11.7. The molecule has 0 N–H and O–H groups in total. The summed E-state index contributed by atoms with van der Waals surface area (Å²) in [6, 6.07) is 11.5. The van der Waals surface area contributed by atoms with Crippen molar-refractivity contribution in [3.8, 4) is 12.1 Å². The van der Waals surface area contributed by atoms with E-state index in [2.05, 4.69) is 11.1 Å². The molecule has 0 unspecified atom stereocenters. The van der Waals surface area contributed by atoms with Crippen LogP contribution in [0.2, 0.25) is 0 Å². The molecule has 0 aliphatic carbocycles. The van der Waals surface area contributed by atoms with Gasteiger partial charge in [-0.05, 0) is 17.7 Å². The van der Waals surface area contributed by atoms with Gasteiger partial charge in [-0.15, -0.1) is 11.8 Å². The number of rotatable bonds is 3. The largest absolute Gasteiger partial charge is 0.417 e. The number of halogens is 3. The van der Waals surface area contributed by atoms with E-state index in [1.165, 1.54) is 0 Å². The minimum absolute atomic E-state index is 0.0278. The van der Waals surface area contributed by atoms with Crippen LogP contribution in [0.15, 0.2) is 35.4 Å². The molecule has 0 fully saturated rings. The average Bonchev–Trinajstić information content (AvgIpc) is 2.57. The lowest BCUT2D eigenvalue weighted by Gasteiger charge is -2.21. The van der Waals surface area contributed by atoms with Crippen LogP contribution < -0.4 is 0 Å². The molecule has 0 radical (unpaired) electrons. The lowest BCUT2D eigenvalue weighted by Crippen LogP contribution is -2.18. The Labute approximate surface area is 154 Å². The van der Waals surface area contributed by atoms with Crippen LogP contribution in [0.5, 0.6) is 0 Å². The van der Waals surface area contributed by atoms with Gasteiger partial charge in [0, 0.05) is 16.9 Å². The molecule has 0 saturated heterocycles. The molecule has 1 aromatic carbocycles. The second kappa shape index (κ2) is 7.39. The number of aromatic nitrogens is 1. The Bertz CT molecular complexity index is 900. The van der Waals surface area contributed by atoms with Crippen molar-refractivity contribution in [3.63, 3.8) is 0 Å². The molecule has 0 spiro atoms. The van der Waals surface area contributed by atoms with Gasteiger partial charge in [0.15, 0.2) is 0 Å². The van der Waals surface area contributed by atoms with Crippen LogP contribution >= 0.6 is 11.8 Å². The first-order valence-corrected chi connectivity index (χ1v) is 8.70. The molecule has 0 aliphatic rings. The summed E-state index contributed by atoms with van der Waals surface area (Å²) < 4.78 is 40.3. The van der Waals surface area contributed by atoms with Crippen LogP contribution in [-0.4, -0.2) is 4.98 Å². The Balaban J connectivity index is 2.53. The Morgan fingerprint density at radius 1 is 1.08 bits per heavy atom. The van der Waals surface area contributed by atoms with Crippen molar-refractivity contribution in [2.24, 2.45) is 0 Å². The predicted molar refractivity (Wildman–Crippen MR) is 93.4 cm³/mol. The summed E-state index contributed by atoms with van der Waals surface area (Å²) in [7, 11) is 0. The van der Waals surface area contributed by atoms with E-state index >= 15 is 0 Å². The van der Waals surface area contributed by atoms with E-state index in [4.69, 9.17) is 5.26 Å². The van der Waals surface area contributed by atoms with Crippen LogP contribution in [0.1, 0.15) is 48.7 Å². The SMILES string of the molecule is CC(C)(C)c1cc(C(F)(F)F)c(C#N)c(SCc2ccccc2C#N)n1. The topological polar surface area (TPSA) is 60.5 Å². The van der Waals surface area contributed by atoms with E-state index in [-0.39, 0.29) is 16.5 Å². The highest BCUT2D eigenvalue weighted by Crippen LogP contribution is 2.38. The maximum atomic E-state index is 13.4. The van der Waals surface area contributed by atoms with E-state index in [1.807, 2.05) is 0 Å². The lowest BCUT2D eigenvalue weighted by molar-refractivity contribution is -0.138. The second-order valence-corrected chi connectivity index (χ2v) is 7.62. The first kappa shape index (κ1) is 19.8. The van der Waals surface area contributed by atoms with Gasteiger partial charge in [0.2, 0.25) is 0 Å². The number of alkyl halides is 3. The molecule has 0 bridgehead atoms. The van der Waals surface area contributed by atoms with Crippen molar-refractivity contribution in [1.82, 2.24) is 4.98 Å². The number of nitriles is 2. The molecule has 1 aromatic heterocycles.